The van der Waals surface area contributed by atoms with Gasteiger partial charge in [0.15, 0.2) is 0 Å². The van der Waals surface area contributed by atoms with Crippen molar-refractivity contribution in [2.45, 2.75) is 53.4 Å². The molecule has 0 heterocycles. The van der Waals surface area contributed by atoms with E-state index in [1.807, 2.05) is 13.8 Å². The number of ketones is 1. The maximum absolute atomic E-state index is 11.9. The van der Waals surface area contributed by atoms with Crippen LogP contribution < -0.4 is 0 Å². The number of carbonyl (C=O) groups is 1. The number of hydrogen-bond donors (Lipinski definition) is 0. The van der Waals surface area contributed by atoms with E-state index in [0.29, 0.717) is 17.6 Å². The second kappa shape index (κ2) is 4.95. The van der Waals surface area contributed by atoms with Gasteiger partial charge >= 0.3 is 0 Å². The zero-order chi connectivity index (χ0) is 10.7. The van der Waals surface area contributed by atoms with Crippen molar-refractivity contribution in [3.63, 3.8) is 0 Å². The van der Waals surface area contributed by atoms with Gasteiger partial charge in [-0.15, -0.1) is 0 Å². The molecule has 0 amide bonds. The Morgan fingerprint density at radius 2 is 1.86 bits per heavy atom. The summed E-state index contributed by atoms with van der Waals surface area (Å²) < 4.78 is 0. The molecule has 1 rings (SSSR count). The predicted molar refractivity (Wildman–Crippen MR) is 60.1 cm³/mol. The molecule has 1 aliphatic rings. The van der Waals surface area contributed by atoms with Gasteiger partial charge in [0.1, 0.15) is 5.78 Å². The molecule has 82 valence electrons. The highest BCUT2D eigenvalue weighted by molar-refractivity contribution is 5.83. The largest absolute Gasteiger partial charge is 0.299 e. The van der Waals surface area contributed by atoms with Gasteiger partial charge in [-0.1, -0.05) is 34.1 Å². The molecule has 0 bridgehead atoms. The van der Waals surface area contributed by atoms with Gasteiger partial charge in [0.05, 0.1) is 0 Å². The second-order valence-electron chi connectivity index (χ2n) is 5.48. The van der Waals surface area contributed by atoms with E-state index in [9.17, 15) is 4.79 Å². The predicted octanol–water partition coefficient (Wildman–Crippen LogP) is 3.67. The summed E-state index contributed by atoms with van der Waals surface area (Å²) >= 11 is 0. The fraction of sp³-hybridized carbons (Fsp3) is 0.923. The molecule has 0 aromatic heterocycles. The molecule has 1 heteroatoms. The number of Topliss-reactive ketones (excluding diaryl/α,β-unsaturated/α-hetero) is 1. The third-order valence-electron chi connectivity index (χ3n) is 3.37. The molecule has 1 saturated carbocycles. The van der Waals surface area contributed by atoms with E-state index >= 15 is 0 Å². The quantitative estimate of drug-likeness (QED) is 0.670. The minimum atomic E-state index is 0.229. The van der Waals surface area contributed by atoms with Crippen molar-refractivity contribution in [2.75, 3.05) is 0 Å². The Hall–Kier alpha value is -0.330. The van der Waals surface area contributed by atoms with Crippen LogP contribution in [0.1, 0.15) is 53.4 Å². The molecule has 0 unspecified atom stereocenters. The summed E-state index contributed by atoms with van der Waals surface area (Å²) in [6.45, 7) is 8.59. The second-order valence-corrected chi connectivity index (χ2v) is 5.48. The topological polar surface area (TPSA) is 17.1 Å². The molecule has 0 aromatic rings. The van der Waals surface area contributed by atoms with Crippen LogP contribution in [0.25, 0.3) is 0 Å². The summed E-state index contributed by atoms with van der Waals surface area (Å²) in [4.78, 5) is 11.9. The van der Waals surface area contributed by atoms with Crippen LogP contribution in [0.2, 0.25) is 0 Å². The van der Waals surface area contributed by atoms with Gasteiger partial charge in [0, 0.05) is 11.8 Å². The van der Waals surface area contributed by atoms with E-state index in [2.05, 4.69) is 13.8 Å². The molecule has 1 fully saturated rings. The van der Waals surface area contributed by atoms with Crippen LogP contribution in [0.15, 0.2) is 0 Å². The maximum atomic E-state index is 11.9. The van der Waals surface area contributed by atoms with Crippen molar-refractivity contribution in [2.24, 2.45) is 23.7 Å². The molecule has 0 saturated heterocycles. The Morgan fingerprint density at radius 3 is 2.36 bits per heavy atom. The molecule has 0 aliphatic heterocycles. The van der Waals surface area contributed by atoms with Crippen molar-refractivity contribution in [1.82, 2.24) is 0 Å². The van der Waals surface area contributed by atoms with Gasteiger partial charge in [-0.2, -0.15) is 0 Å². The standard InChI is InChI=1S/C13H24O/c1-9(2)8-11-6-5-7-12(11)13(14)10(3)4/h9-12H,5-8H2,1-4H3/t11-,12+/m1/s1. The Morgan fingerprint density at radius 1 is 1.21 bits per heavy atom. The van der Waals surface area contributed by atoms with E-state index in [1.54, 1.807) is 0 Å². The van der Waals surface area contributed by atoms with Crippen LogP contribution in [0.5, 0.6) is 0 Å². The van der Waals surface area contributed by atoms with Crippen LogP contribution >= 0.6 is 0 Å². The van der Waals surface area contributed by atoms with Crippen LogP contribution in [0.4, 0.5) is 0 Å². The number of hydrogen-bond acceptors (Lipinski definition) is 1. The Balaban J connectivity index is 2.55. The monoisotopic (exact) mass is 196 g/mol. The Labute approximate surface area is 88.3 Å². The van der Waals surface area contributed by atoms with Crippen molar-refractivity contribution in [3.05, 3.63) is 0 Å². The van der Waals surface area contributed by atoms with Crippen LogP contribution in [0.3, 0.4) is 0 Å². The lowest BCUT2D eigenvalue weighted by Crippen LogP contribution is -2.24. The van der Waals surface area contributed by atoms with Gasteiger partial charge in [-0.05, 0) is 31.1 Å². The maximum Gasteiger partial charge on any atom is 0.138 e. The van der Waals surface area contributed by atoms with E-state index in [-0.39, 0.29) is 5.92 Å². The third kappa shape index (κ3) is 2.83. The number of rotatable bonds is 4. The Kier molecular flexibility index (Phi) is 4.15. The summed E-state index contributed by atoms with van der Waals surface area (Å²) in [7, 11) is 0. The lowest BCUT2D eigenvalue weighted by atomic mass is 9.82. The third-order valence-corrected chi connectivity index (χ3v) is 3.37. The van der Waals surface area contributed by atoms with Gasteiger partial charge in [-0.25, -0.2) is 0 Å². The van der Waals surface area contributed by atoms with Gasteiger partial charge in [0.25, 0.3) is 0 Å². The van der Waals surface area contributed by atoms with Crippen LogP contribution in [0, 0.1) is 23.7 Å². The van der Waals surface area contributed by atoms with Gasteiger partial charge in [0.2, 0.25) is 0 Å². The molecule has 0 aromatic carbocycles. The van der Waals surface area contributed by atoms with Crippen LogP contribution in [-0.4, -0.2) is 5.78 Å². The fourth-order valence-electron chi connectivity index (χ4n) is 2.73. The van der Waals surface area contributed by atoms with Crippen molar-refractivity contribution < 1.29 is 4.79 Å². The lowest BCUT2D eigenvalue weighted by molar-refractivity contribution is -0.127. The first kappa shape index (κ1) is 11.7. The molecule has 0 radical (unpaired) electrons. The highest BCUT2D eigenvalue weighted by atomic mass is 16.1. The van der Waals surface area contributed by atoms with Crippen LogP contribution in [-0.2, 0) is 4.79 Å². The Bertz CT molecular complexity index is 193. The zero-order valence-corrected chi connectivity index (χ0v) is 10.0. The summed E-state index contributed by atoms with van der Waals surface area (Å²) in [5.74, 6) is 2.55. The van der Waals surface area contributed by atoms with E-state index in [4.69, 9.17) is 0 Å². The highest BCUT2D eigenvalue weighted by Gasteiger charge is 2.33. The molecule has 1 aliphatic carbocycles. The van der Waals surface area contributed by atoms with E-state index in [1.165, 1.54) is 19.3 Å². The van der Waals surface area contributed by atoms with E-state index < -0.39 is 0 Å². The average molecular weight is 196 g/mol. The normalized spacial score (nSPS) is 27.6. The van der Waals surface area contributed by atoms with E-state index in [0.717, 1.165) is 12.3 Å². The first-order valence-corrected chi connectivity index (χ1v) is 6.06. The minimum absolute atomic E-state index is 0.229. The zero-order valence-electron chi connectivity index (χ0n) is 10.0. The molecule has 0 N–H and O–H groups in total. The molecular weight excluding hydrogens is 172 g/mol. The van der Waals surface area contributed by atoms with Crippen molar-refractivity contribution >= 4 is 5.78 Å². The lowest BCUT2D eigenvalue weighted by Gasteiger charge is -2.21. The fourth-order valence-corrected chi connectivity index (χ4v) is 2.73. The van der Waals surface area contributed by atoms with Gasteiger partial charge < -0.3 is 0 Å². The SMILES string of the molecule is CC(C)C[C@H]1CCC[C@@H]1C(=O)C(C)C. The smallest absolute Gasteiger partial charge is 0.138 e. The van der Waals surface area contributed by atoms with Gasteiger partial charge in [-0.3, -0.25) is 4.79 Å². The highest BCUT2D eigenvalue weighted by Crippen LogP contribution is 2.37. The molecule has 0 spiro atoms. The number of carbonyl (C=O) groups excluding carboxylic acids is 1. The summed E-state index contributed by atoms with van der Waals surface area (Å²) in [6, 6.07) is 0. The molecule has 2 atom stereocenters. The van der Waals surface area contributed by atoms with Crippen molar-refractivity contribution in [1.29, 1.82) is 0 Å². The molecular formula is C13H24O. The summed E-state index contributed by atoms with van der Waals surface area (Å²) in [5.41, 5.74) is 0. The minimum Gasteiger partial charge on any atom is -0.299 e. The molecule has 1 nitrogen and oxygen atoms in total. The first-order chi connectivity index (χ1) is 6.52. The summed E-state index contributed by atoms with van der Waals surface area (Å²) in [6.07, 6.45) is 4.93. The van der Waals surface area contributed by atoms with Crippen molar-refractivity contribution in [3.8, 4) is 0 Å². The molecule has 14 heavy (non-hydrogen) atoms. The first-order valence-electron chi connectivity index (χ1n) is 6.06. The average Bonchev–Trinajstić information content (AvgIpc) is 2.49. The summed E-state index contributed by atoms with van der Waals surface area (Å²) in [5, 5.41) is 0.